The summed E-state index contributed by atoms with van der Waals surface area (Å²) in [6.07, 6.45) is 0.942. The van der Waals surface area contributed by atoms with E-state index in [4.69, 9.17) is 5.73 Å². The Morgan fingerprint density at radius 2 is 1.84 bits per heavy atom. The minimum Gasteiger partial charge on any atom is -0.383 e. The second-order valence-electron chi connectivity index (χ2n) is 6.81. The summed E-state index contributed by atoms with van der Waals surface area (Å²) >= 11 is 0. The van der Waals surface area contributed by atoms with Crippen LogP contribution in [0.15, 0.2) is 63.0 Å². The number of nitro groups is 1. The summed E-state index contributed by atoms with van der Waals surface area (Å²) in [5, 5.41) is 11.0. The first-order valence-electron chi connectivity index (χ1n) is 9.54. The molecule has 0 aliphatic rings. The van der Waals surface area contributed by atoms with Crippen LogP contribution in [0.3, 0.4) is 0 Å². The van der Waals surface area contributed by atoms with Gasteiger partial charge in [0.1, 0.15) is 12.4 Å². The molecule has 0 fully saturated rings. The predicted molar refractivity (Wildman–Crippen MR) is 117 cm³/mol. The molecule has 0 saturated heterocycles. The van der Waals surface area contributed by atoms with E-state index in [0.717, 1.165) is 37.9 Å². The van der Waals surface area contributed by atoms with Crippen LogP contribution in [0.2, 0.25) is 0 Å². The molecule has 1 aromatic carbocycles. The molecule has 2 aromatic heterocycles. The van der Waals surface area contributed by atoms with Gasteiger partial charge in [-0.05, 0) is 12.5 Å². The molecule has 0 saturated carbocycles. The Kier molecular flexibility index (Phi) is 6.33. The fourth-order valence-electron chi connectivity index (χ4n) is 3.20. The first-order valence-corrected chi connectivity index (χ1v) is 9.54. The number of carbonyl (C=O) groups excluding carboxylic acids is 1. The highest BCUT2D eigenvalue weighted by molar-refractivity contribution is 5.95. The quantitative estimate of drug-likeness (QED) is 0.393. The Labute approximate surface area is 180 Å². The number of carbonyl (C=O) groups is 1. The molecule has 0 spiro atoms. The fourth-order valence-corrected chi connectivity index (χ4v) is 3.20. The van der Waals surface area contributed by atoms with Gasteiger partial charge in [0.15, 0.2) is 5.69 Å². The van der Waals surface area contributed by atoms with Crippen LogP contribution in [0.25, 0.3) is 0 Å². The van der Waals surface area contributed by atoms with Crippen LogP contribution >= 0.6 is 0 Å². The van der Waals surface area contributed by atoms with E-state index in [1.54, 1.807) is 37.3 Å². The van der Waals surface area contributed by atoms with E-state index in [2.05, 4.69) is 4.98 Å². The topological polar surface area (TPSA) is 166 Å². The van der Waals surface area contributed by atoms with Crippen LogP contribution in [0.1, 0.15) is 12.5 Å². The normalized spacial score (nSPS) is 10.7. The zero-order valence-corrected chi connectivity index (χ0v) is 17.1. The molecule has 0 unspecified atom stereocenters. The highest BCUT2D eigenvalue weighted by Gasteiger charge is 2.24. The van der Waals surface area contributed by atoms with Crippen LogP contribution < -0.4 is 27.4 Å². The van der Waals surface area contributed by atoms with Crippen molar-refractivity contribution in [1.82, 2.24) is 14.1 Å². The van der Waals surface area contributed by atoms with Gasteiger partial charge in [-0.2, -0.15) is 0 Å². The van der Waals surface area contributed by atoms with Crippen LogP contribution in [0.5, 0.6) is 0 Å². The van der Waals surface area contributed by atoms with E-state index in [1.165, 1.54) is 0 Å². The number of rotatable bonds is 7. The number of H-pyrrole nitrogens is 1. The summed E-state index contributed by atoms with van der Waals surface area (Å²) in [5.74, 6) is -0.929. The lowest BCUT2D eigenvalue weighted by Gasteiger charge is -2.23. The van der Waals surface area contributed by atoms with Crippen molar-refractivity contribution in [3.63, 3.8) is 0 Å². The molecule has 0 aliphatic carbocycles. The molecule has 3 N–H and O–H groups in total. The summed E-state index contributed by atoms with van der Waals surface area (Å²) < 4.78 is 2.00. The maximum Gasteiger partial charge on any atom is 0.330 e. The molecule has 0 radical (unpaired) electrons. The SMILES string of the molecule is CCN(C(=O)Cn1cc([N+](=O)[O-])ccc1=O)c1c(N)n(Cc2ccccc2)c(=O)[nH]c1=O. The molecule has 12 nitrogen and oxygen atoms in total. The van der Waals surface area contributed by atoms with E-state index in [9.17, 15) is 29.3 Å². The second kappa shape index (κ2) is 9.12. The third-order valence-electron chi connectivity index (χ3n) is 4.77. The number of nitrogens with two attached hydrogens (primary N) is 1. The van der Waals surface area contributed by atoms with Crippen molar-refractivity contribution >= 4 is 23.1 Å². The third-order valence-corrected chi connectivity index (χ3v) is 4.77. The van der Waals surface area contributed by atoms with Crippen molar-refractivity contribution < 1.29 is 9.72 Å². The number of nitrogen functional groups attached to an aromatic ring is 1. The number of pyridine rings is 1. The molecule has 166 valence electrons. The number of hydrogen-bond donors (Lipinski definition) is 2. The van der Waals surface area contributed by atoms with Crippen molar-refractivity contribution in [2.75, 3.05) is 17.2 Å². The summed E-state index contributed by atoms with van der Waals surface area (Å²) in [6.45, 7) is 1.08. The van der Waals surface area contributed by atoms with Gasteiger partial charge in [-0.25, -0.2) is 4.79 Å². The highest BCUT2D eigenvalue weighted by atomic mass is 16.6. The minimum absolute atomic E-state index is 0.000663. The molecule has 2 heterocycles. The molecule has 0 bridgehead atoms. The maximum absolute atomic E-state index is 12.9. The number of benzene rings is 1. The van der Waals surface area contributed by atoms with Gasteiger partial charge in [0.25, 0.3) is 16.8 Å². The zero-order chi connectivity index (χ0) is 23.4. The van der Waals surface area contributed by atoms with Crippen LogP contribution in [-0.2, 0) is 17.9 Å². The minimum atomic E-state index is -0.863. The van der Waals surface area contributed by atoms with Crippen molar-refractivity contribution in [2.24, 2.45) is 0 Å². The van der Waals surface area contributed by atoms with Gasteiger partial charge in [0, 0.05) is 18.7 Å². The number of likely N-dealkylation sites (N-methyl/N-ethyl adjacent to an activating group) is 1. The van der Waals surface area contributed by atoms with Crippen LogP contribution in [0.4, 0.5) is 17.2 Å². The van der Waals surface area contributed by atoms with Crippen molar-refractivity contribution in [2.45, 2.75) is 20.0 Å². The van der Waals surface area contributed by atoms with Crippen molar-refractivity contribution in [1.29, 1.82) is 0 Å². The molecule has 0 aliphatic heterocycles. The number of aromatic nitrogens is 3. The lowest BCUT2D eigenvalue weighted by atomic mass is 10.2. The number of aromatic amines is 1. The largest absolute Gasteiger partial charge is 0.383 e. The van der Waals surface area contributed by atoms with Crippen molar-refractivity contribution in [3.05, 3.63) is 95.5 Å². The molecule has 12 heteroatoms. The number of anilines is 2. The van der Waals surface area contributed by atoms with E-state index < -0.39 is 34.2 Å². The number of hydrogen-bond acceptors (Lipinski definition) is 7. The van der Waals surface area contributed by atoms with Gasteiger partial charge >= 0.3 is 5.69 Å². The first-order chi connectivity index (χ1) is 15.2. The maximum atomic E-state index is 12.9. The molecule has 3 aromatic rings. The van der Waals surface area contributed by atoms with Gasteiger partial charge in [-0.3, -0.25) is 38.6 Å². The first kappa shape index (κ1) is 22.2. The van der Waals surface area contributed by atoms with Gasteiger partial charge in [-0.1, -0.05) is 30.3 Å². The Morgan fingerprint density at radius 1 is 1.16 bits per heavy atom. The Hall–Kier alpha value is -4.48. The lowest BCUT2D eigenvalue weighted by Crippen LogP contribution is -2.43. The molecule has 3 rings (SSSR count). The molecular formula is C20H20N6O6. The summed E-state index contributed by atoms with van der Waals surface area (Å²) in [5.41, 5.74) is 4.03. The molecule has 32 heavy (non-hydrogen) atoms. The summed E-state index contributed by atoms with van der Waals surface area (Å²) in [7, 11) is 0. The second-order valence-corrected chi connectivity index (χ2v) is 6.81. The Bertz CT molecular complexity index is 1340. The van der Waals surface area contributed by atoms with Gasteiger partial charge < -0.3 is 10.6 Å². The van der Waals surface area contributed by atoms with Crippen molar-refractivity contribution in [3.8, 4) is 0 Å². The molecular weight excluding hydrogens is 420 g/mol. The summed E-state index contributed by atoms with van der Waals surface area (Å²) in [6, 6.07) is 10.9. The third kappa shape index (κ3) is 4.48. The van der Waals surface area contributed by atoms with E-state index in [1.807, 2.05) is 0 Å². The average molecular weight is 440 g/mol. The van der Waals surface area contributed by atoms with E-state index >= 15 is 0 Å². The summed E-state index contributed by atoms with van der Waals surface area (Å²) in [4.78, 5) is 63.3. The fraction of sp³-hybridized carbons (Fsp3) is 0.200. The molecule has 1 amide bonds. The number of amides is 1. The average Bonchev–Trinajstić information content (AvgIpc) is 2.76. The Balaban J connectivity index is 2.01. The van der Waals surface area contributed by atoms with E-state index in [0.29, 0.717) is 0 Å². The smallest absolute Gasteiger partial charge is 0.330 e. The Morgan fingerprint density at radius 3 is 2.47 bits per heavy atom. The number of nitrogens with one attached hydrogen (secondary N) is 1. The molecule has 0 atom stereocenters. The highest BCUT2D eigenvalue weighted by Crippen LogP contribution is 2.18. The van der Waals surface area contributed by atoms with Gasteiger partial charge in [0.2, 0.25) is 5.91 Å². The van der Waals surface area contributed by atoms with E-state index in [-0.39, 0.29) is 30.3 Å². The van der Waals surface area contributed by atoms with Crippen LogP contribution in [-0.4, -0.2) is 31.5 Å². The monoisotopic (exact) mass is 440 g/mol. The zero-order valence-electron chi connectivity index (χ0n) is 17.1. The van der Waals surface area contributed by atoms with Gasteiger partial charge in [-0.15, -0.1) is 0 Å². The lowest BCUT2D eigenvalue weighted by molar-refractivity contribution is -0.385. The predicted octanol–water partition coefficient (Wildman–Crippen LogP) is 0.290. The standard InChI is InChI=1S/C20H20N6O6/c1-2-24(16(28)12-23-11-14(26(31)32)8-9-15(23)27)17-18(21)25(20(30)22-19(17)29)10-13-6-4-3-5-7-13/h3-9,11H,2,10,12,21H2,1H3,(H,22,29,30). The van der Waals surface area contributed by atoms with Crippen LogP contribution in [0, 0.1) is 10.1 Å². The number of nitrogens with zero attached hydrogens (tertiary/aromatic N) is 4. The van der Waals surface area contributed by atoms with Gasteiger partial charge in [0.05, 0.1) is 17.7 Å².